The monoisotopic (exact) mass is 312 g/mol. The molecule has 3 rings (SSSR count). The number of aromatic nitrogens is 4. The molecule has 110 valence electrons. The molecular weight excluding hydrogens is 308 g/mol. The van der Waals surface area contributed by atoms with E-state index in [1.54, 1.807) is 24.3 Å². The standard InChI is InChI=1S/C14H4N10/c15-1-5-7(3-17)23-13-11(21-5)9(19)10(20)12-14(13)24-8(4-18)6(2-16)22-12/h19-20H2. The van der Waals surface area contributed by atoms with Gasteiger partial charge in [0.2, 0.25) is 0 Å². The van der Waals surface area contributed by atoms with Gasteiger partial charge in [0.05, 0.1) is 11.4 Å². The SMILES string of the molecule is N#Cc1nc2c(N)c(N)c3nc(C#N)c(C#N)nc3c2nc1C#N. The van der Waals surface area contributed by atoms with Crippen LogP contribution in [0.1, 0.15) is 22.8 Å². The van der Waals surface area contributed by atoms with E-state index in [1.807, 2.05) is 0 Å². The van der Waals surface area contributed by atoms with Gasteiger partial charge in [-0.1, -0.05) is 0 Å². The van der Waals surface area contributed by atoms with Crippen LogP contribution < -0.4 is 11.5 Å². The van der Waals surface area contributed by atoms with Crippen LogP contribution >= 0.6 is 0 Å². The van der Waals surface area contributed by atoms with Gasteiger partial charge in [-0.2, -0.15) is 21.0 Å². The predicted octanol–water partition coefficient (Wildman–Crippen LogP) is 0.224. The second-order valence-electron chi connectivity index (χ2n) is 4.51. The summed E-state index contributed by atoms with van der Waals surface area (Å²) in [6.07, 6.45) is 0. The van der Waals surface area contributed by atoms with E-state index in [0.29, 0.717) is 0 Å². The van der Waals surface area contributed by atoms with E-state index in [-0.39, 0.29) is 56.2 Å². The lowest BCUT2D eigenvalue weighted by atomic mass is 10.1. The summed E-state index contributed by atoms with van der Waals surface area (Å²) < 4.78 is 0. The molecule has 0 unspecified atom stereocenters. The molecule has 0 saturated carbocycles. The van der Waals surface area contributed by atoms with Gasteiger partial charge in [-0.3, -0.25) is 0 Å². The van der Waals surface area contributed by atoms with Crippen LogP contribution in [0, 0.1) is 45.3 Å². The highest BCUT2D eigenvalue weighted by Gasteiger charge is 2.20. The van der Waals surface area contributed by atoms with Crippen molar-refractivity contribution in [2.75, 3.05) is 11.5 Å². The largest absolute Gasteiger partial charge is 0.395 e. The zero-order valence-corrected chi connectivity index (χ0v) is 11.7. The number of hydrogen-bond donors (Lipinski definition) is 2. The molecule has 0 amide bonds. The summed E-state index contributed by atoms with van der Waals surface area (Å²) in [7, 11) is 0. The van der Waals surface area contributed by atoms with Crippen molar-refractivity contribution in [2.45, 2.75) is 0 Å². The van der Waals surface area contributed by atoms with E-state index in [0.717, 1.165) is 0 Å². The molecule has 3 aromatic rings. The molecule has 10 heteroatoms. The minimum Gasteiger partial charge on any atom is -0.395 e. The lowest BCUT2D eigenvalue weighted by Crippen LogP contribution is -2.06. The first-order valence-corrected chi connectivity index (χ1v) is 6.26. The van der Waals surface area contributed by atoms with Crippen LogP contribution in [-0.4, -0.2) is 19.9 Å². The number of nitrogens with two attached hydrogens (primary N) is 2. The van der Waals surface area contributed by atoms with E-state index < -0.39 is 0 Å². The van der Waals surface area contributed by atoms with Crippen molar-refractivity contribution in [3.05, 3.63) is 22.8 Å². The van der Waals surface area contributed by atoms with Crippen molar-refractivity contribution in [3.8, 4) is 24.3 Å². The summed E-state index contributed by atoms with van der Waals surface area (Å²) in [5.41, 5.74) is 11.3. The Morgan fingerprint density at radius 2 is 0.750 bits per heavy atom. The first-order valence-electron chi connectivity index (χ1n) is 6.26. The van der Waals surface area contributed by atoms with Gasteiger partial charge >= 0.3 is 0 Å². The molecule has 0 saturated heterocycles. The quantitative estimate of drug-likeness (QED) is 0.328. The molecule has 0 fully saturated rings. The summed E-state index contributed by atoms with van der Waals surface area (Å²) in [5, 5.41) is 36.3. The molecule has 0 bridgehead atoms. The van der Waals surface area contributed by atoms with Crippen LogP contribution in [-0.2, 0) is 0 Å². The number of nitriles is 4. The van der Waals surface area contributed by atoms with Crippen molar-refractivity contribution in [1.82, 2.24) is 19.9 Å². The number of rotatable bonds is 0. The second kappa shape index (κ2) is 5.03. The third kappa shape index (κ3) is 1.79. The van der Waals surface area contributed by atoms with E-state index in [9.17, 15) is 0 Å². The average Bonchev–Trinajstić information content (AvgIpc) is 2.63. The van der Waals surface area contributed by atoms with Crippen molar-refractivity contribution in [2.24, 2.45) is 0 Å². The lowest BCUT2D eigenvalue weighted by Gasteiger charge is -2.10. The summed E-state index contributed by atoms with van der Waals surface area (Å²) in [4.78, 5) is 16.1. The molecule has 0 aliphatic carbocycles. The predicted molar refractivity (Wildman–Crippen MR) is 80.3 cm³/mol. The lowest BCUT2D eigenvalue weighted by molar-refractivity contribution is 1.17. The van der Waals surface area contributed by atoms with E-state index in [4.69, 9.17) is 32.5 Å². The molecular formula is C14H4N10. The van der Waals surface area contributed by atoms with Gasteiger partial charge in [-0.15, -0.1) is 0 Å². The minimum atomic E-state index is -0.222. The fourth-order valence-corrected chi connectivity index (χ4v) is 2.14. The van der Waals surface area contributed by atoms with Gasteiger partial charge in [0.15, 0.2) is 22.8 Å². The Balaban J connectivity index is 2.65. The number of anilines is 2. The maximum atomic E-state index is 9.10. The van der Waals surface area contributed by atoms with Gasteiger partial charge in [0.1, 0.15) is 46.3 Å². The Morgan fingerprint density at radius 3 is 1.00 bits per heavy atom. The molecule has 0 atom stereocenters. The molecule has 2 aromatic heterocycles. The Labute approximate surface area is 133 Å². The van der Waals surface area contributed by atoms with Crippen LogP contribution in [0.25, 0.3) is 22.1 Å². The molecule has 0 radical (unpaired) electrons. The highest BCUT2D eigenvalue weighted by molar-refractivity contribution is 6.13. The van der Waals surface area contributed by atoms with Crippen molar-refractivity contribution in [3.63, 3.8) is 0 Å². The van der Waals surface area contributed by atoms with Gasteiger partial charge in [0, 0.05) is 0 Å². The Morgan fingerprint density at radius 1 is 0.500 bits per heavy atom. The van der Waals surface area contributed by atoms with Gasteiger partial charge in [0.25, 0.3) is 0 Å². The number of nitrogens with zero attached hydrogens (tertiary/aromatic N) is 8. The van der Waals surface area contributed by atoms with Crippen molar-refractivity contribution < 1.29 is 0 Å². The van der Waals surface area contributed by atoms with Gasteiger partial charge < -0.3 is 11.5 Å². The third-order valence-corrected chi connectivity index (χ3v) is 3.24. The van der Waals surface area contributed by atoms with Gasteiger partial charge in [-0.25, -0.2) is 19.9 Å². The van der Waals surface area contributed by atoms with Crippen LogP contribution in [0.4, 0.5) is 11.4 Å². The Kier molecular flexibility index (Phi) is 3.02. The first kappa shape index (κ1) is 14.4. The van der Waals surface area contributed by atoms with Crippen molar-refractivity contribution in [1.29, 1.82) is 21.0 Å². The number of fused-ring (bicyclic) bond motifs is 3. The van der Waals surface area contributed by atoms with Crippen LogP contribution in [0.15, 0.2) is 0 Å². The zero-order chi connectivity index (χ0) is 17.4. The smallest absolute Gasteiger partial charge is 0.177 e. The molecule has 0 spiro atoms. The highest BCUT2D eigenvalue weighted by Crippen LogP contribution is 2.33. The first-order chi connectivity index (χ1) is 11.5. The molecule has 2 heterocycles. The summed E-state index contributed by atoms with van der Waals surface area (Å²) in [6, 6.07) is 7.01. The van der Waals surface area contributed by atoms with Crippen LogP contribution in [0.5, 0.6) is 0 Å². The Hall–Kier alpha value is -4.54. The molecule has 0 aliphatic rings. The van der Waals surface area contributed by atoms with Crippen LogP contribution in [0.3, 0.4) is 0 Å². The number of hydrogen-bond acceptors (Lipinski definition) is 10. The fourth-order valence-electron chi connectivity index (χ4n) is 2.14. The number of nitrogen functional groups attached to an aromatic ring is 2. The summed E-state index contributed by atoms with van der Waals surface area (Å²) in [6.45, 7) is 0. The molecule has 10 nitrogen and oxygen atoms in total. The number of benzene rings is 1. The fraction of sp³-hybridized carbons (Fsp3) is 0. The van der Waals surface area contributed by atoms with Crippen molar-refractivity contribution >= 4 is 33.4 Å². The highest BCUT2D eigenvalue weighted by atomic mass is 14.9. The maximum absolute atomic E-state index is 9.10. The van der Waals surface area contributed by atoms with E-state index in [1.165, 1.54) is 0 Å². The normalized spacial score (nSPS) is 9.83. The Bertz CT molecular complexity index is 1120. The molecule has 24 heavy (non-hydrogen) atoms. The topological polar surface area (TPSA) is 199 Å². The van der Waals surface area contributed by atoms with Crippen LogP contribution in [0.2, 0.25) is 0 Å². The van der Waals surface area contributed by atoms with E-state index >= 15 is 0 Å². The zero-order valence-electron chi connectivity index (χ0n) is 11.7. The second-order valence-corrected chi connectivity index (χ2v) is 4.51. The van der Waals surface area contributed by atoms with Gasteiger partial charge in [-0.05, 0) is 0 Å². The molecule has 4 N–H and O–H groups in total. The average molecular weight is 312 g/mol. The minimum absolute atomic E-state index is 0.00566. The maximum Gasteiger partial charge on any atom is 0.177 e. The summed E-state index contributed by atoms with van der Waals surface area (Å²) in [5.74, 6) is 0. The summed E-state index contributed by atoms with van der Waals surface area (Å²) >= 11 is 0. The van der Waals surface area contributed by atoms with E-state index in [2.05, 4.69) is 19.9 Å². The molecule has 0 aliphatic heterocycles. The third-order valence-electron chi connectivity index (χ3n) is 3.24. The molecule has 1 aromatic carbocycles.